The number of methoxy groups -OCH3 is 1. The number of hydrogen-bond donors (Lipinski definition) is 3. The Morgan fingerprint density at radius 3 is 2.55 bits per heavy atom. The molecule has 31 heavy (non-hydrogen) atoms. The van der Waals surface area contributed by atoms with Crippen LogP contribution in [-0.4, -0.2) is 24.0 Å². The molecule has 3 aromatic carbocycles. The first kappa shape index (κ1) is 22.2. The molecule has 6 nitrogen and oxygen atoms in total. The van der Waals surface area contributed by atoms with Gasteiger partial charge in [0, 0.05) is 23.7 Å². The Balaban J connectivity index is 1.67. The van der Waals surface area contributed by atoms with Gasteiger partial charge in [-0.15, -0.1) is 0 Å². The number of nitrogens with one attached hydrogen (secondary N) is 3. The maximum Gasteiger partial charge on any atom is 0.258 e. The Kier molecular flexibility index (Phi) is 7.56. The van der Waals surface area contributed by atoms with Gasteiger partial charge >= 0.3 is 0 Å². The van der Waals surface area contributed by atoms with E-state index < -0.39 is 0 Å². The van der Waals surface area contributed by atoms with Crippen LogP contribution in [0, 0.1) is 0 Å². The van der Waals surface area contributed by atoms with E-state index in [2.05, 4.69) is 16.0 Å². The number of anilines is 2. The minimum atomic E-state index is -0.291. The van der Waals surface area contributed by atoms with Crippen LogP contribution in [0.4, 0.5) is 11.4 Å². The second-order valence-corrected chi connectivity index (χ2v) is 7.41. The van der Waals surface area contributed by atoms with Crippen LogP contribution < -0.4 is 20.7 Å². The standard InChI is InChI=1S/C24H25N3O3S/c1-3-4-12-22(28)26-20-14-13-17(15-21(20)30-2)25-24(31)27-23(29)19-11-7-9-16-8-5-6-10-18(16)19/h5-11,13-15H,3-4,12H2,1-2H3,(H,26,28)(H2,25,27,29,31). The molecule has 3 N–H and O–H groups in total. The molecule has 3 aromatic rings. The fourth-order valence-corrected chi connectivity index (χ4v) is 3.39. The van der Waals surface area contributed by atoms with Crippen molar-refractivity contribution in [3.05, 3.63) is 66.2 Å². The van der Waals surface area contributed by atoms with Crippen LogP contribution in [-0.2, 0) is 4.79 Å². The second-order valence-electron chi connectivity index (χ2n) is 7.00. The van der Waals surface area contributed by atoms with Gasteiger partial charge in [0.1, 0.15) is 5.75 Å². The first-order chi connectivity index (χ1) is 15.0. The molecule has 0 saturated heterocycles. The molecule has 3 rings (SSSR count). The Morgan fingerprint density at radius 1 is 1.00 bits per heavy atom. The summed E-state index contributed by atoms with van der Waals surface area (Å²) in [7, 11) is 1.53. The fraction of sp³-hybridized carbons (Fsp3) is 0.208. The number of fused-ring (bicyclic) bond motifs is 1. The molecule has 0 unspecified atom stereocenters. The van der Waals surface area contributed by atoms with E-state index in [1.54, 1.807) is 24.3 Å². The molecular weight excluding hydrogens is 410 g/mol. The highest BCUT2D eigenvalue weighted by Gasteiger charge is 2.13. The third-order valence-corrected chi connectivity index (χ3v) is 4.96. The lowest BCUT2D eigenvalue weighted by Gasteiger charge is -2.14. The number of thiocarbonyl (C=S) groups is 1. The van der Waals surface area contributed by atoms with E-state index in [1.165, 1.54) is 7.11 Å². The number of hydrogen-bond acceptors (Lipinski definition) is 4. The Labute approximate surface area is 187 Å². The van der Waals surface area contributed by atoms with Crippen molar-refractivity contribution in [3.63, 3.8) is 0 Å². The smallest absolute Gasteiger partial charge is 0.258 e. The van der Waals surface area contributed by atoms with Gasteiger partial charge in [0.2, 0.25) is 5.91 Å². The van der Waals surface area contributed by atoms with E-state index >= 15 is 0 Å². The molecule has 0 radical (unpaired) electrons. The highest BCUT2D eigenvalue weighted by Crippen LogP contribution is 2.28. The lowest BCUT2D eigenvalue weighted by Crippen LogP contribution is -2.34. The van der Waals surface area contributed by atoms with Crippen LogP contribution in [0.5, 0.6) is 5.75 Å². The lowest BCUT2D eigenvalue weighted by atomic mass is 10.0. The average Bonchev–Trinajstić information content (AvgIpc) is 2.78. The Bertz CT molecular complexity index is 1110. The summed E-state index contributed by atoms with van der Waals surface area (Å²) in [6.07, 6.45) is 2.25. The first-order valence-corrected chi connectivity index (χ1v) is 10.5. The molecule has 0 spiro atoms. The summed E-state index contributed by atoms with van der Waals surface area (Å²) < 4.78 is 5.39. The van der Waals surface area contributed by atoms with Crippen molar-refractivity contribution in [2.45, 2.75) is 26.2 Å². The molecule has 0 saturated carbocycles. The van der Waals surface area contributed by atoms with E-state index in [0.717, 1.165) is 23.6 Å². The van der Waals surface area contributed by atoms with Crippen molar-refractivity contribution in [2.24, 2.45) is 0 Å². The van der Waals surface area contributed by atoms with Crippen LogP contribution in [0.2, 0.25) is 0 Å². The monoisotopic (exact) mass is 435 g/mol. The van der Waals surface area contributed by atoms with Gasteiger partial charge in [0.05, 0.1) is 12.8 Å². The fourth-order valence-electron chi connectivity index (χ4n) is 3.18. The largest absolute Gasteiger partial charge is 0.494 e. The zero-order valence-electron chi connectivity index (χ0n) is 17.5. The summed E-state index contributed by atoms with van der Waals surface area (Å²) in [4.78, 5) is 24.7. The van der Waals surface area contributed by atoms with Gasteiger partial charge in [0.15, 0.2) is 5.11 Å². The summed E-state index contributed by atoms with van der Waals surface area (Å²) in [5.41, 5.74) is 1.76. The Hall–Kier alpha value is -3.45. The van der Waals surface area contributed by atoms with Crippen molar-refractivity contribution in [1.82, 2.24) is 5.32 Å². The summed E-state index contributed by atoms with van der Waals surface area (Å²) >= 11 is 5.31. The van der Waals surface area contributed by atoms with Gasteiger partial charge in [0.25, 0.3) is 5.91 Å². The predicted octanol–water partition coefficient (Wildman–Crippen LogP) is 5.10. The number of rotatable bonds is 7. The predicted molar refractivity (Wildman–Crippen MR) is 129 cm³/mol. The molecule has 0 aliphatic carbocycles. The van der Waals surface area contributed by atoms with Gasteiger partial charge in [-0.2, -0.15) is 0 Å². The lowest BCUT2D eigenvalue weighted by molar-refractivity contribution is -0.116. The number of unbranched alkanes of at least 4 members (excludes halogenated alkanes) is 1. The zero-order chi connectivity index (χ0) is 22.2. The van der Waals surface area contributed by atoms with Crippen LogP contribution in [0.3, 0.4) is 0 Å². The molecular formula is C24H25N3O3S. The topological polar surface area (TPSA) is 79.5 Å². The normalized spacial score (nSPS) is 10.4. The van der Waals surface area contributed by atoms with Crippen molar-refractivity contribution in [3.8, 4) is 5.75 Å². The number of benzene rings is 3. The van der Waals surface area contributed by atoms with Gasteiger partial charge < -0.3 is 15.4 Å². The average molecular weight is 436 g/mol. The quantitative estimate of drug-likeness (QED) is 0.450. The van der Waals surface area contributed by atoms with Gasteiger partial charge in [-0.05, 0) is 47.6 Å². The van der Waals surface area contributed by atoms with Gasteiger partial charge in [-0.25, -0.2) is 0 Å². The SMILES string of the molecule is CCCCC(=O)Nc1ccc(NC(=S)NC(=O)c2cccc3ccccc23)cc1OC. The molecule has 0 atom stereocenters. The van der Waals surface area contributed by atoms with Crippen LogP contribution in [0.1, 0.15) is 36.5 Å². The van der Waals surface area contributed by atoms with E-state index in [4.69, 9.17) is 17.0 Å². The highest BCUT2D eigenvalue weighted by atomic mass is 32.1. The van der Waals surface area contributed by atoms with E-state index in [1.807, 2.05) is 43.3 Å². The Morgan fingerprint density at radius 2 is 1.77 bits per heavy atom. The van der Waals surface area contributed by atoms with Crippen molar-refractivity contribution in [1.29, 1.82) is 0 Å². The second kappa shape index (κ2) is 10.5. The third-order valence-electron chi connectivity index (χ3n) is 4.75. The maximum atomic E-state index is 12.7. The number of carbonyl (C=O) groups is 2. The van der Waals surface area contributed by atoms with Gasteiger partial charge in [-0.1, -0.05) is 49.7 Å². The molecule has 0 fully saturated rings. The summed E-state index contributed by atoms with van der Waals surface area (Å²) in [6, 6.07) is 18.4. The summed E-state index contributed by atoms with van der Waals surface area (Å²) in [5.74, 6) is 0.151. The highest BCUT2D eigenvalue weighted by molar-refractivity contribution is 7.80. The summed E-state index contributed by atoms with van der Waals surface area (Å²) in [5, 5.41) is 10.6. The van der Waals surface area contributed by atoms with E-state index in [-0.39, 0.29) is 16.9 Å². The van der Waals surface area contributed by atoms with E-state index in [9.17, 15) is 9.59 Å². The molecule has 0 aliphatic rings. The number of amides is 2. The maximum absolute atomic E-state index is 12.7. The number of carbonyl (C=O) groups excluding carboxylic acids is 2. The van der Waals surface area contributed by atoms with Gasteiger partial charge in [-0.3, -0.25) is 14.9 Å². The molecule has 0 bridgehead atoms. The van der Waals surface area contributed by atoms with Crippen molar-refractivity contribution >= 4 is 51.3 Å². The molecule has 7 heteroatoms. The van der Waals surface area contributed by atoms with E-state index in [0.29, 0.717) is 29.1 Å². The zero-order valence-corrected chi connectivity index (χ0v) is 18.3. The molecule has 0 aromatic heterocycles. The first-order valence-electron chi connectivity index (χ1n) is 10.1. The third kappa shape index (κ3) is 5.79. The van der Waals surface area contributed by atoms with Crippen molar-refractivity contribution in [2.75, 3.05) is 17.7 Å². The minimum absolute atomic E-state index is 0.0567. The molecule has 160 valence electrons. The van der Waals surface area contributed by atoms with Crippen LogP contribution in [0.25, 0.3) is 10.8 Å². The summed E-state index contributed by atoms with van der Waals surface area (Å²) in [6.45, 7) is 2.04. The van der Waals surface area contributed by atoms with Crippen molar-refractivity contribution < 1.29 is 14.3 Å². The molecule has 2 amide bonds. The van der Waals surface area contributed by atoms with Crippen LogP contribution in [0.15, 0.2) is 60.7 Å². The molecule has 0 aliphatic heterocycles. The van der Waals surface area contributed by atoms with Crippen LogP contribution >= 0.6 is 12.2 Å². The number of ether oxygens (including phenoxy) is 1. The minimum Gasteiger partial charge on any atom is -0.494 e. The molecule has 0 heterocycles.